The van der Waals surface area contributed by atoms with Gasteiger partial charge in [-0.1, -0.05) is 24.3 Å². The summed E-state index contributed by atoms with van der Waals surface area (Å²) >= 11 is 0. The van der Waals surface area contributed by atoms with E-state index in [1.807, 2.05) is 0 Å². The summed E-state index contributed by atoms with van der Waals surface area (Å²) in [5.41, 5.74) is 3.36. The molecule has 2 fully saturated rings. The fraction of sp³-hybridized carbons (Fsp3) is 0.647. The third kappa shape index (κ3) is 2.33. The van der Waals surface area contributed by atoms with Crippen LogP contribution in [-0.2, 0) is 0 Å². The first kappa shape index (κ1) is 12.2. The summed E-state index contributed by atoms with van der Waals surface area (Å²) in [6, 6.07) is 10.1. The highest BCUT2D eigenvalue weighted by molar-refractivity contribution is 5.30. The van der Waals surface area contributed by atoms with E-state index in [2.05, 4.69) is 49.9 Å². The summed E-state index contributed by atoms with van der Waals surface area (Å²) in [4.78, 5) is 2.67. The lowest BCUT2D eigenvalue weighted by molar-refractivity contribution is 0.121. The standard InChI is InChI=1S/C17H25N/c1-17(2,3)18-12-4-5-16(18)15-10-8-14(9-11-15)13-6-7-13/h8-11,13,16H,4-7,12H2,1-3H3. The fourth-order valence-electron chi connectivity index (χ4n) is 3.32. The summed E-state index contributed by atoms with van der Waals surface area (Å²) in [6.07, 6.45) is 5.46. The summed E-state index contributed by atoms with van der Waals surface area (Å²) in [7, 11) is 0. The molecule has 1 aliphatic carbocycles. The van der Waals surface area contributed by atoms with Gasteiger partial charge in [0.2, 0.25) is 0 Å². The molecular weight excluding hydrogens is 218 g/mol. The molecule has 1 saturated heterocycles. The highest BCUT2D eigenvalue weighted by atomic mass is 15.2. The van der Waals surface area contributed by atoms with E-state index in [0.29, 0.717) is 6.04 Å². The van der Waals surface area contributed by atoms with Crippen LogP contribution < -0.4 is 0 Å². The van der Waals surface area contributed by atoms with Gasteiger partial charge in [0.15, 0.2) is 0 Å². The van der Waals surface area contributed by atoms with Crippen LogP contribution in [0.3, 0.4) is 0 Å². The van der Waals surface area contributed by atoms with Crippen LogP contribution in [0.4, 0.5) is 0 Å². The van der Waals surface area contributed by atoms with Gasteiger partial charge in [0, 0.05) is 11.6 Å². The molecule has 0 amide bonds. The molecule has 1 aromatic carbocycles. The van der Waals surface area contributed by atoms with E-state index in [9.17, 15) is 0 Å². The van der Waals surface area contributed by atoms with Crippen molar-refractivity contribution in [1.82, 2.24) is 4.90 Å². The zero-order valence-corrected chi connectivity index (χ0v) is 11.9. The van der Waals surface area contributed by atoms with E-state index in [1.54, 1.807) is 5.56 Å². The van der Waals surface area contributed by atoms with Crippen molar-refractivity contribution >= 4 is 0 Å². The Bertz CT molecular complexity index is 408. The lowest BCUT2D eigenvalue weighted by Gasteiger charge is -2.37. The van der Waals surface area contributed by atoms with Crippen LogP contribution in [0.5, 0.6) is 0 Å². The van der Waals surface area contributed by atoms with Gasteiger partial charge < -0.3 is 0 Å². The predicted molar refractivity (Wildman–Crippen MR) is 76.9 cm³/mol. The van der Waals surface area contributed by atoms with E-state index in [1.165, 1.54) is 37.8 Å². The van der Waals surface area contributed by atoms with Crippen molar-refractivity contribution in [3.05, 3.63) is 35.4 Å². The second-order valence-electron chi connectivity index (χ2n) is 6.96. The average molecular weight is 243 g/mol. The first-order valence-electron chi connectivity index (χ1n) is 7.42. The molecule has 2 aliphatic rings. The van der Waals surface area contributed by atoms with Crippen molar-refractivity contribution in [2.45, 2.75) is 64.0 Å². The Kier molecular flexibility index (Phi) is 2.97. The van der Waals surface area contributed by atoms with Crippen LogP contribution in [0.1, 0.15) is 69.5 Å². The molecule has 0 spiro atoms. The van der Waals surface area contributed by atoms with Crippen LogP contribution in [0.2, 0.25) is 0 Å². The second kappa shape index (κ2) is 4.38. The van der Waals surface area contributed by atoms with Gasteiger partial charge in [-0.15, -0.1) is 0 Å². The second-order valence-corrected chi connectivity index (χ2v) is 6.96. The van der Waals surface area contributed by atoms with Gasteiger partial charge in [-0.3, -0.25) is 4.90 Å². The van der Waals surface area contributed by atoms with Crippen LogP contribution in [-0.4, -0.2) is 17.0 Å². The molecule has 0 bridgehead atoms. The molecule has 1 heterocycles. The summed E-state index contributed by atoms with van der Waals surface area (Å²) in [6.45, 7) is 8.26. The number of hydrogen-bond acceptors (Lipinski definition) is 1. The molecule has 0 aromatic heterocycles. The Hall–Kier alpha value is -0.820. The van der Waals surface area contributed by atoms with Gasteiger partial charge in [0.25, 0.3) is 0 Å². The molecule has 0 radical (unpaired) electrons. The molecule has 3 rings (SSSR count). The minimum atomic E-state index is 0.288. The first-order valence-corrected chi connectivity index (χ1v) is 7.42. The maximum absolute atomic E-state index is 2.67. The van der Waals surface area contributed by atoms with Gasteiger partial charge in [-0.25, -0.2) is 0 Å². The quantitative estimate of drug-likeness (QED) is 0.739. The van der Waals surface area contributed by atoms with Crippen LogP contribution in [0.15, 0.2) is 24.3 Å². The lowest BCUT2D eigenvalue weighted by atomic mass is 9.98. The van der Waals surface area contributed by atoms with Crippen molar-refractivity contribution in [3.63, 3.8) is 0 Å². The summed E-state index contributed by atoms with van der Waals surface area (Å²) < 4.78 is 0. The summed E-state index contributed by atoms with van der Waals surface area (Å²) in [5.74, 6) is 0.876. The van der Waals surface area contributed by atoms with E-state index in [-0.39, 0.29) is 5.54 Å². The SMILES string of the molecule is CC(C)(C)N1CCCC1c1ccc(C2CC2)cc1. The lowest BCUT2D eigenvalue weighted by Crippen LogP contribution is -2.40. The van der Waals surface area contributed by atoms with Crippen LogP contribution in [0, 0.1) is 0 Å². The van der Waals surface area contributed by atoms with Crippen LogP contribution >= 0.6 is 0 Å². The predicted octanol–water partition coefficient (Wildman–Crippen LogP) is 4.50. The minimum Gasteiger partial charge on any atom is -0.291 e. The van der Waals surface area contributed by atoms with Crippen molar-refractivity contribution in [2.75, 3.05) is 6.54 Å². The zero-order valence-electron chi connectivity index (χ0n) is 11.9. The van der Waals surface area contributed by atoms with E-state index in [4.69, 9.17) is 0 Å². The molecule has 1 unspecified atom stereocenters. The Morgan fingerprint density at radius 3 is 2.11 bits per heavy atom. The summed E-state index contributed by atoms with van der Waals surface area (Å²) in [5, 5.41) is 0. The van der Waals surface area contributed by atoms with Gasteiger partial charge in [0.05, 0.1) is 0 Å². The van der Waals surface area contributed by atoms with Crippen molar-refractivity contribution in [2.24, 2.45) is 0 Å². The topological polar surface area (TPSA) is 3.24 Å². The molecule has 0 N–H and O–H groups in total. The molecule has 18 heavy (non-hydrogen) atoms. The Labute approximate surface area is 111 Å². The van der Waals surface area contributed by atoms with Crippen molar-refractivity contribution in [3.8, 4) is 0 Å². The Balaban J connectivity index is 1.80. The zero-order chi connectivity index (χ0) is 12.8. The number of benzene rings is 1. The molecule has 1 heteroatoms. The van der Waals surface area contributed by atoms with Crippen molar-refractivity contribution in [1.29, 1.82) is 0 Å². The first-order chi connectivity index (χ1) is 8.55. The molecule has 1 atom stereocenters. The average Bonchev–Trinajstić information content (AvgIpc) is 3.04. The maximum Gasteiger partial charge on any atom is 0.0353 e. The fourth-order valence-corrected chi connectivity index (χ4v) is 3.32. The Morgan fingerprint density at radius 2 is 1.56 bits per heavy atom. The number of hydrogen-bond donors (Lipinski definition) is 0. The van der Waals surface area contributed by atoms with Gasteiger partial charge in [-0.2, -0.15) is 0 Å². The number of nitrogens with zero attached hydrogens (tertiary/aromatic N) is 1. The minimum absolute atomic E-state index is 0.288. The third-order valence-electron chi connectivity index (χ3n) is 4.48. The molecular formula is C17H25N. The molecule has 98 valence electrons. The normalized spacial score (nSPS) is 25.6. The third-order valence-corrected chi connectivity index (χ3v) is 4.48. The molecule has 1 aliphatic heterocycles. The van der Waals surface area contributed by atoms with E-state index < -0.39 is 0 Å². The van der Waals surface area contributed by atoms with E-state index >= 15 is 0 Å². The van der Waals surface area contributed by atoms with Crippen molar-refractivity contribution < 1.29 is 0 Å². The highest BCUT2D eigenvalue weighted by Crippen LogP contribution is 2.41. The van der Waals surface area contributed by atoms with Gasteiger partial charge >= 0.3 is 0 Å². The number of likely N-dealkylation sites (tertiary alicyclic amines) is 1. The number of rotatable bonds is 2. The van der Waals surface area contributed by atoms with Gasteiger partial charge in [0.1, 0.15) is 0 Å². The largest absolute Gasteiger partial charge is 0.291 e. The molecule has 1 saturated carbocycles. The molecule has 1 aromatic rings. The highest BCUT2D eigenvalue weighted by Gasteiger charge is 2.33. The van der Waals surface area contributed by atoms with E-state index in [0.717, 1.165) is 5.92 Å². The smallest absolute Gasteiger partial charge is 0.0353 e. The Morgan fingerprint density at radius 1 is 0.944 bits per heavy atom. The maximum atomic E-state index is 2.67. The monoisotopic (exact) mass is 243 g/mol. The molecule has 1 nitrogen and oxygen atoms in total. The van der Waals surface area contributed by atoms with Crippen LogP contribution in [0.25, 0.3) is 0 Å². The van der Waals surface area contributed by atoms with Gasteiger partial charge in [-0.05, 0) is 70.0 Å².